The van der Waals surface area contributed by atoms with E-state index in [9.17, 15) is 9.18 Å². The van der Waals surface area contributed by atoms with E-state index >= 15 is 0 Å². The molecule has 1 amide bonds. The van der Waals surface area contributed by atoms with Crippen LogP contribution >= 0.6 is 15.9 Å². The third kappa shape index (κ3) is 7.96. The van der Waals surface area contributed by atoms with Crippen LogP contribution in [0.15, 0.2) is 53.1 Å². The highest BCUT2D eigenvalue weighted by atomic mass is 79.9. The minimum absolute atomic E-state index is 0.120. The van der Waals surface area contributed by atoms with Crippen molar-refractivity contribution in [3.05, 3.63) is 75.8 Å². The Morgan fingerprint density at radius 1 is 1.09 bits per heavy atom. The number of halogens is 2. The first-order chi connectivity index (χ1) is 16.9. The Labute approximate surface area is 216 Å². The molecule has 0 radical (unpaired) electrons. The van der Waals surface area contributed by atoms with Gasteiger partial charge in [0.2, 0.25) is 5.91 Å². The Hall–Kier alpha value is -2.60. The summed E-state index contributed by atoms with van der Waals surface area (Å²) < 4.78 is 14.9. The molecule has 0 saturated carbocycles. The topological polar surface area (TPSA) is 54.9 Å². The molecule has 0 saturated heterocycles. The molecule has 1 heterocycles. The minimum Gasteiger partial charge on any atom is -0.309 e. The molecule has 1 N–H and O–H groups in total. The van der Waals surface area contributed by atoms with Gasteiger partial charge in [-0.05, 0) is 60.2 Å². The summed E-state index contributed by atoms with van der Waals surface area (Å²) in [4.78, 5) is 22.5. The third-order valence-electron chi connectivity index (χ3n) is 6.27. The maximum absolute atomic E-state index is 13.9. The number of rotatable bonds is 12. The van der Waals surface area contributed by atoms with Crippen LogP contribution in [-0.4, -0.2) is 15.9 Å². The minimum atomic E-state index is -0.243. The number of unbranched alkanes of at least 4 members (excludes halogenated alkanes) is 1. The monoisotopic (exact) mass is 539 g/mol. The van der Waals surface area contributed by atoms with Gasteiger partial charge in [0.05, 0.1) is 24.0 Å². The van der Waals surface area contributed by atoms with Crippen LogP contribution in [0.5, 0.6) is 0 Å². The standard InChI is InChI=1S/C29H35BrFN3O/c1-4-7-9-20(6-3)16-26-29(34-28(35)17-21-10-12-23(30)13-11-21)32-19-27(33-26)25-15-14-24(31)18-22(25)8-5-2/h10-15,18-20H,4-9,16-17H2,1-3H3,(H,32,34,35). The van der Waals surface area contributed by atoms with Crippen molar-refractivity contribution >= 4 is 27.7 Å². The summed E-state index contributed by atoms with van der Waals surface area (Å²) in [5, 5.41) is 3.00. The van der Waals surface area contributed by atoms with Crippen LogP contribution in [0.2, 0.25) is 0 Å². The second kappa shape index (κ2) is 13.5. The second-order valence-electron chi connectivity index (χ2n) is 9.07. The van der Waals surface area contributed by atoms with Gasteiger partial charge in [0.25, 0.3) is 0 Å². The Kier molecular flexibility index (Phi) is 10.4. The van der Waals surface area contributed by atoms with E-state index in [0.717, 1.165) is 77.5 Å². The van der Waals surface area contributed by atoms with E-state index < -0.39 is 0 Å². The number of benzene rings is 2. The SMILES string of the molecule is CCCCC(CC)Cc1nc(-c2ccc(F)cc2CCC)cnc1NC(=O)Cc1ccc(Br)cc1. The Morgan fingerprint density at radius 2 is 1.86 bits per heavy atom. The van der Waals surface area contributed by atoms with E-state index in [0.29, 0.717) is 11.7 Å². The second-order valence-corrected chi connectivity index (χ2v) is 9.99. The maximum atomic E-state index is 13.9. The van der Waals surface area contributed by atoms with Gasteiger partial charge in [-0.2, -0.15) is 0 Å². The molecule has 35 heavy (non-hydrogen) atoms. The molecule has 0 fully saturated rings. The van der Waals surface area contributed by atoms with Gasteiger partial charge in [-0.15, -0.1) is 0 Å². The molecule has 2 aromatic carbocycles. The van der Waals surface area contributed by atoms with E-state index in [2.05, 4.69) is 47.0 Å². The van der Waals surface area contributed by atoms with Crippen LogP contribution in [0.25, 0.3) is 11.3 Å². The summed E-state index contributed by atoms with van der Waals surface area (Å²) in [6.45, 7) is 6.48. The van der Waals surface area contributed by atoms with Gasteiger partial charge < -0.3 is 5.32 Å². The summed E-state index contributed by atoms with van der Waals surface area (Å²) in [6, 6.07) is 12.6. The average molecular weight is 541 g/mol. The predicted molar refractivity (Wildman–Crippen MR) is 145 cm³/mol. The molecular formula is C29H35BrFN3O. The number of aromatic nitrogens is 2. The van der Waals surface area contributed by atoms with Gasteiger partial charge in [-0.1, -0.05) is 80.9 Å². The molecule has 0 spiro atoms. The summed E-state index contributed by atoms with van der Waals surface area (Å²) in [5.41, 5.74) is 4.27. The summed E-state index contributed by atoms with van der Waals surface area (Å²) in [7, 11) is 0. The summed E-state index contributed by atoms with van der Waals surface area (Å²) >= 11 is 3.43. The molecule has 3 rings (SSSR count). The first kappa shape index (κ1) is 27.0. The Morgan fingerprint density at radius 3 is 2.54 bits per heavy atom. The summed E-state index contributed by atoms with van der Waals surface area (Å²) in [6.07, 6.45) is 8.85. The molecule has 3 aromatic rings. The highest BCUT2D eigenvalue weighted by Crippen LogP contribution is 2.28. The van der Waals surface area contributed by atoms with Crippen molar-refractivity contribution in [3.63, 3.8) is 0 Å². The van der Waals surface area contributed by atoms with Crippen LogP contribution in [0.1, 0.15) is 69.7 Å². The molecular weight excluding hydrogens is 505 g/mol. The Bertz CT molecular complexity index is 1120. The van der Waals surface area contributed by atoms with Crippen LogP contribution in [-0.2, 0) is 24.1 Å². The first-order valence-corrected chi connectivity index (χ1v) is 13.4. The van der Waals surface area contributed by atoms with Gasteiger partial charge in [0.15, 0.2) is 5.82 Å². The van der Waals surface area contributed by atoms with Gasteiger partial charge in [-0.3, -0.25) is 4.79 Å². The fraction of sp³-hybridized carbons (Fsp3) is 0.414. The first-order valence-electron chi connectivity index (χ1n) is 12.6. The number of hydrogen-bond donors (Lipinski definition) is 1. The number of carbonyl (C=O) groups excluding carboxylic acids is 1. The molecule has 0 aliphatic heterocycles. The number of nitrogens with one attached hydrogen (secondary N) is 1. The molecule has 1 aromatic heterocycles. The largest absolute Gasteiger partial charge is 0.309 e. The third-order valence-corrected chi connectivity index (χ3v) is 6.80. The van der Waals surface area contributed by atoms with Crippen LogP contribution in [0.4, 0.5) is 10.2 Å². The van der Waals surface area contributed by atoms with Gasteiger partial charge in [-0.25, -0.2) is 14.4 Å². The van der Waals surface area contributed by atoms with E-state index in [1.54, 1.807) is 18.3 Å². The van der Waals surface area contributed by atoms with E-state index in [-0.39, 0.29) is 18.1 Å². The maximum Gasteiger partial charge on any atom is 0.229 e. The lowest BCUT2D eigenvalue weighted by molar-refractivity contribution is -0.115. The number of carbonyl (C=O) groups is 1. The van der Waals surface area contributed by atoms with Gasteiger partial charge in [0.1, 0.15) is 5.82 Å². The lowest BCUT2D eigenvalue weighted by Crippen LogP contribution is -2.18. The van der Waals surface area contributed by atoms with Crippen molar-refractivity contribution in [2.24, 2.45) is 5.92 Å². The molecule has 186 valence electrons. The summed E-state index contributed by atoms with van der Waals surface area (Å²) in [5.74, 6) is 0.619. The molecule has 1 atom stereocenters. The number of amides is 1. The van der Waals surface area contributed by atoms with Crippen molar-refractivity contribution in [2.75, 3.05) is 5.32 Å². The van der Waals surface area contributed by atoms with Crippen molar-refractivity contribution in [3.8, 4) is 11.3 Å². The van der Waals surface area contributed by atoms with Crippen LogP contribution in [0.3, 0.4) is 0 Å². The molecule has 6 heteroatoms. The van der Waals surface area contributed by atoms with Crippen molar-refractivity contribution < 1.29 is 9.18 Å². The molecule has 0 aliphatic carbocycles. The number of aryl methyl sites for hydroxylation is 1. The highest BCUT2D eigenvalue weighted by Gasteiger charge is 2.18. The van der Waals surface area contributed by atoms with Crippen molar-refractivity contribution in [2.45, 2.75) is 72.1 Å². The van der Waals surface area contributed by atoms with E-state index in [1.165, 1.54) is 6.07 Å². The highest BCUT2D eigenvalue weighted by molar-refractivity contribution is 9.10. The number of hydrogen-bond acceptors (Lipinski definition) is 3. The number of nitrogens with zero attached hydrogens (tertiary/aromatic N) is 2. The predicted octanol–water partition coefficient (Wildman–Crippen LogP) is 7.94. The van der Waals surface area contributed by atoms with E-state index in [1.807, 2.05) is 24.3 Å². The van der Waals surface area contributed by atoms with Gasteiger partial charge >= 0.3 is 0 Å². The Balaban J connectivity index is 1.92. The molecule has 1 unspecified atom stereocenters. The molecule has 0 bridgehead atoms. The quantitative estimate of drug-likeness (QED) is 0.254. The zero-order valence-electron chi connectivity index (χ0n) is 20.9. The number of anilines is 1. The lowest BCUT2D eigenvalue weighted by atomic mass is 9.94. The van der Waals surface area contributed by atoms with Crippen molar-refractivity contribution in [1.82, 2.24) is 9.97 Å². The molecule has 0 aliphatic rings. The fourth-order valence-electron chi connectivity index (χ4n) is 4.27. The lowest BCUT2D eigenvalue weighted by Gasteiger charge is -2.18. The molecule has 4 nitrogen and oxygen atoms in total. The zero-order valence-corrected chi connectivity index (χ0v) is 22.5. The van der Waals surface area contributed by atoms with Crippen LogP contribution in [0, 0.1) is 11.7 Å². The van der Waals surface area contributed by atoms with Crippen molar-refractivity contribution in [1.29, 1.82) is 0 Å². The van der Waals surface area contributed by atoms with Gasteiger partial charge in [0, 0.05) is 10.0 Å². The normalized spacial score (nSPS) is 11.9. The van der Waals surface area contributed by atoms with E-state index in [4.69, 9.17) is 4.98 Å². The zero-order chi connectivity index (χ0) is 25.2. The average Bonchev–Trinajstić information content (AvgIpc) is 2.84. The fourth-order valence-corrected chi connectivity index (χ4v) is 4.54. The smallest absolute Gasteiger partial charge is 0.229 e. The van der Waals surface area contributed by atoms with Crippen LogP contribution < -0.4 is 5.32 Å².